The Bertz CT molecular complexity index is 826. The lowest BCUT2D eigenvalue weighted by molar-refractivity contribution is -0.143. The highest BCUT2D eigenvalue weighted by atomic mass is 32.1. The van der Waals surface area contributed by atoms with Gasteiger partial charge in [0.05, 0.1) is 12.1 Å². The number of benzene rings is 1. The lowest BCUT2D eigenvalue weighted by Crippen LogP contribution is -2.39. The second kappa shape index (κ2) is 6.36. The number of carboxylic acids is 1. The highest BCUT2D eigenvalue weighted by molar-refractivity contribution is 7.16. The van der Waals surface area contributed by atoms with Crippen LogP contribution in [0.2, 0.25) is 0 Å². The molecule has 0 spiro atoms. The third kappa shape index (κ3) is 3.05. The maximum absolute atomic E-state index is 12.6. The first-order valence-corrected chi connectivity index (χ1v) is 8.81. The van der Waals surface area contributed by atoms with E-state index >= 15 is 0 Å². The first kappa shape index (κ1) is 15.9. The Morgan fingerprint density at radius 2 is 1.96 bits per heavy atom. The highest BCUT2D eigenvalue weighted by Gasteiger charge is 2.28. The van der Waals surface area contributed by atoms with Gasteiger partial charge >= 0.3 is 5.97 Å². The lowest BCUT2D eigenvalue weighted by atomic mass is 9.97. The number of piperidine rings is 1. The molecule has 130 valence electrons. The Morgan fingerprint density at radius 1 is 1.20 bits per heavy atom. The van der Waals surface area contributed by atoms with Crippen molar-refractivity contribution >= 4 is 23.2 Å². The SMILES string of the molecule is O=C(O)C1CCN(C(=O)c2cnc(-c3ccc4c(c3)OCO4)s2)CC1. The van der Waals surface area contributed by atoms with Gasteiger partial charge in [0.25, 0.3) is 5.91 Å². The van der Waals surface area contributed by atoms with E-state index in [2.05, 4.69) is 4.98 Å². The Labute approximate surface area is 147 Å². The van der Waals surface area contributed by atoms with Gasteiger partial charge in [-0.25, -0.2) is 4.98 Å². The van der Waals surface area contributed by atoms with Crippen LogP contribution in [0, 0.1) is 5.92 Å². The number of hydrogen-bond donors (Lipinski definition) is 1. The molecule has 2 aromatic rings. The van der Waals surface area contributed by atoms with Gasteiger partial charge in [-0.1, -0.05) is 0 Å². The van der Waals surface area contributed by atoms with Gasteiger partial charge < -0.3 is 19.5 Å². The van der Waals surface area contributed by atoms with E-state index in [1.54, 1.807) is 11.1 Å². The Balaban J connectivity index is 1.48. The Kier molecular flexibility index (Phi) is 4.04. The molecule has 1 saturated heterocycles. The number of hydrogen-bond acceptors (Lipinski definition) is 6. The van der Waals surface area contributed by atoms with E-state index in [1.165, 1.54) is 11.3 Å². The van der Waals surface area contributed by atoms with Gasteiger partial charge in [0.1, 0.15) is 9.88 Å². The summed E-state index contributed by atoms with van der Waals surface area (Å²) in [5, 5.41) is 9.78. The summed E-state index contributed by atoms with van der Waals surface area (Å²) < 4.78 is 10.7. The highest BCUT2D eigenvalue weighted by Crippen LogP contribution is 2.37. The topological polar surface area (TPSA) is 89.0 Å². The lowest BCUT2D eigenvalue weighted by Gasteiger charge is -2.29. The minimum absolute atomic E-state index is 0.0895. The molecule has 4 rings (SSSR count). The summed E-state index contributed by atoms with van der Waals surface area (Å²) in [7, 11) is 0. The van der Waals surface area contributed by atoms with Crippen LogP contribution in [0.3, 0.4) is 0 Å². The molecule has 2 aliphatic rings. The van der Waals surface area contributed by atoms with Gasteiger partial charge in [-0.05, 0) is 31.0 Å². The molecule has 0 radical (unpaired) electrons. The van der Waals surface area contributed by atoms with Gasteiger partial charge in [0.15, 0.2) is 11.5 Å². The number of carboxylic acid groups (broad SMARTS) is 1. The van der Waals surface area contributed by atoms with Gasteiger partial charge in [-0.2, -0.15) is 0 Å². The quantitative estimate of drug-likeness (QED) is 0.904. The van der Waals surface area contributed by atoms with Crippen LogP contribution in [0.15, 0.2) is 24.4 Å². The maximum Gasteiger partial charge on any atom is 0.306 e. The van der Waals surface area contributed by atoms with Crippen LogP contribution < -0.4 is 9.47 Å². The molecule has 3 heterocycles. The summed E-state index contributed by atoms with van der Waals surface area (Å²) in [6.45, 7) is 1.15. The number of nitrogens with zero attached hydrogens (tertiary/aromatic N) is 2. The zero-order chi connectivity index (χ0) is 17.4. The molecule has 25 heavy (non-hydrogen) atoms. The Morgan fingerprint density at radius 3 is 2.72 bits per heavy atom. The summed E-state index contributed by atoms with van der Waals surface area (Å²) >= 11 is 1.33. The molecule has 1 amide bonds. The first-order chi connectivity index (χ1) is 12.1. The van der Waals surface area contributed by atoms with Crippen LogP contribution in [0.4, 0.5) is 0 Å². The predicted octanol–water partition coefficient (Wildman–Crippen LogP) is 2.48. The zero-order valence-electron chi connectivity index (χ0n) is 13.3. The molecule has 0 atom stereocenters. The normalized spacial score (nSPS) is 16.9. The van der Waals surface area contributed by atoms with Gasteiger partial charge in [-0.3, -0.25) is 9.59 Å². The van der Waals surface area contributed by atoms with Crippen molar-refractivity contribution < 1.29 is 24.2 Å². The van der Waals surface area contributed by atoms with Crippen molar-refractivity contribution in [2.24, 2.45) is 5.92 Å². The Hall–Kier alpha value is -2.61. The van der Waals surface area contributed by atoms with Crippen LogP contribution in [0.25, 0.3) is 10.6 Å². The van der Waals surface area contributed by atoms with Crippen molar-refractivity contribution in [2.75, 3.05) is 19.9 Å². The molecular formula is C17H16N2O5S. The van der Waals surface area contributed by atoms with E-state index < -0.39 is 5.97 Å². The van der Waals surface area contributed by atoms with E-state index in [0.29, 0.717) is 42.3 Å². The minimum atomic E-state index is -0.782. The fourth-order valence-electron chi connectivity index (χ4n) is 3.02. The van der Waals surface area contributed by atoms with Crippen molar-refractivity contribution in [3.63, 3.8) is 0 Å². The number of carbonyl (C=O) groups excluding carboxylic acids is 1. The van der Waals surface area contributed by atoms with Crippen molar-refractivity contribution in [1.82, 2.24) is 9.88 Å². The monoisotopic (exact) mass is 360 g/mol. The van der Waals surface area contributed by atoms with Crippen molar-refractivity contribution in [3.8, 4) is 22.1 Å². The average molecular weight is 360 g/mol. The third-order valence-corrected chi connectivity index (χ3v) is 5.50. The standard InChI is InChI=1S/C17H16N2O5S/c20-16(19-5-3-10(4-6-19)17(21)22)14-8-18-15(25-14)11-1-2-12-13(7-11)24-9-23-12/h1-2,7-8,10H,3-6,9H2,(H,21,22). The molecule has 0 unspecified atom stereocenters. The second-order valence-corrected chi connectivity index (χ2v) is 7.03. The van der Waals surface area contributed by atoms with Crippen LogP contribution in [0.1, 0.15) is 22.5 Å². The summed E-state index contributed by atoms with van der Waals surface area (Å²) in [6.07, 6.45) is 2.57. The van der Waals surface area contributed by atoms with E-state index in [9.17, 15) is 9.59 Å². The van der Waals surface area contributed by atoms with Gasteiger partial charge in [0.2, 0.25) is 6.79 Å². The molecule has 1 N–H and O–H groups in total. The van der Waals surface area contributed by atoms with Crippen molar-refractivity contribution in [1.29, 1.82) is 0 Å². The second-order valence-electron chi connectivity index (χ2n) is 6.00. The van der Waals surface area contributed by atoms with Crippen molar-refractivity contribution in [2.45, 2.75) is 12.8 Å². The molecule has 1 aromatic heterocycles. The number of ether oxygens (including phenoxy) is 2. The fraction of sp³-hybridized carbons (Fsp3) is 0.353. The molecule has 8 heteroatoms. The van der Waals surface area contributed by atoms with Crippen molar-refractivity contribution in [3.05, 3.63) is 29.3 Å². The van der Waals surface area contributed by atoms with Crippen LogP contribution in [-0.2, 0) is 4.79 Å². The number of thiazole rings is 1. The molecule has 1 fully saturated rings. The van der Waals surface area contributed by atoms with E-state index in [1.807, 2.05) is 18.2 Å². The summed E-state index contributed by atoms with van der Waals surface area (Å²) in [6, 6.07) is 5.57. The number of carbonyl (C=O) groups is 2. The summed E-state index contributed by atoms with van der Waals surface area (Å²) in [5.74, 6) is 0.159. The average Bonchev–Trinajstić information content (AvgIpc) is 3.29. The number of aliphatic carboxylic acids is 1. The van der Waals surface area contributed by atoms with Crippen LogP contribution >= 0.6 is 11.3 Å². The van der Waals surface area contributed by atoms with E-state index in [-0.39, 0.29) is 18.6 Å². The zero-order valence-corrected chi connectivity index (χ0v) is 14.1. The molecular weight excluding hydrogens is 344 g/mol. The third-order valence-electron chi connectivity index (χ3n) is 4.47. The smallest absolute Gasteiger partial charge is 0.306 e. The summed E-state index contributed by atoms with van der Waals surface area (Å²) in [4.78, 5) is 30.2. The molecule has 0 saturated carbocycles. The molecule has 1 aromatic carbocycles. The largest absolute Gasteiger partial charge is 0.481 e. The van der Waals surface area contributed by atoms with Gasteiger partial charge in [-0.15, -0.1) is 11.3 Å². The van der Waals surface area contributed by atoms with E-state index in [0.717, 1.165) is 10.6 Å². The predicted molar refractivity (Wildman–Crippen MR) is 89.9 cm³/mol. The van der Waals surface area contributed by atoms with Gasteiger partial charge in [0, 0.05) is 18.7 Å². The number of fused-ring (bicyclic) bond motifs is 1. The molecule has 2 aliphatic heterocycles. The number of amides is 1. The number of rotatable bonds is 3. The minimum Gasteiger partial charge on any atom is -0.481 e. The maximum atomic E-state index is 12.6. The molecule has 7 nitrogen and oxygen atoms in total. The molecule has 0 aliphatic carbocycles. The first-order valence-electron chi connectivity index (χ1n) is 8.00. The van der Waals surface area contributed by atoms with Crippen LogP contribution in [-0.4, -0.2) is 46.7 Å². The van der Waals surface area contributed by atoms with E-state index in [4.69, 9.17) is 14.6 Å². The number of aromatic nitrogens is 1. The molecule has 0 bridgehead atoms. The fourth-order valence-corrected chi connectivity index (χ4v) is 3.90. The van der Waals surface area contributed by atoms with Crippen LogP contribution in [0.5, 0.6) is 11.5 Å². The summed E-state index contributed by atoms with van der Waals surface area (Å²) in [5.41, 5.74) is 0.873. The number of likely N-dealkylation sites (tertiary alicyclic amines) is 1.